The van der Waals surface area contributed by atoms with Gasteiger partial charge in [0.05, 0.1) is 10.4 Å². The number of benzene rings is 1. The van der Waals surface area contributed by atoms with Gasteiger partial charge in [-0.3, -0.25) is 0 Å². The number of fused-ring (bicyclic) bond motifs is 1. The Morgan fingerprint density at radius 1 is 1.33 bits per heavy atom. The van der Waals surface area contributed by atoms with Crippen molar-refractivity contribution < 1.29 is 8.42 Å². The summed E-state index contributed by atoms with van der Waals surface area (Å²) < 4.78 is 27.4. The Morgan fingerprint density at radius 3 is 2.95 bits per heavy atom. The number of hydrogen-bond donors (Lipinski definition) is 1. The summed E-state index contributed by atoms with van der Waals surface area (Å²) in [6.07, 6.45) is 2.24. The number of thioether (sulfide) groups is 1. The fourth-order valence-corrected chi connectivity index (χ4v) is 4.91. The Hall–Kier alpha value is -0.820. The number of hydrogen-bond acceptors (Lipinski definition) is 4. The first kappa shape index (κ1) is 15.1. The second kappa shape index (κ2) is 6.12. The van der Waals surface area contributed by atoms with Crippen molar-refractivity contribution in [2.45, 2.75) is 23.0 Å². The molecule has 1 unspecified atom stereocenters. The third-order valence-corrected chi connectivity index (χ3v) is 6.49. The van der Waals surface area contributed by atoms with Crippen molar-refractivity contribution in [2.24, 2.45) is 0 Å². The highest BCUT2D eigenvalue weighted by Gasteiger charge is 2.20. The normalized spacial score (nSPS) is 19.2. The largest absolute Gasteiger partial charge is 0.240 e. The molecule has 1 aliphatic heterocycles. The SMILES string of the molecule is O=S(=O)(NCC1CCCS1)c1ccc2nc(Cl)ccc2c1. The molecule has 2 heterocycles. The van der Waals surface area contributed by atoms with Gasteiger partial charge in [0.25, 0.3) is 0 Å². The van der Waals surface area contributed by atoms with E-state index in [4.69, 9.17) is 11.6 Å². The van der Waals surface area contributed by atoms with Gasteiger partial charge in [0.15, 0.2) is 0 Å². The quantitative estimate of drug-likeness (QED) is 0.867. The lowest BCUT2D eigenvalue weighted by Crippen LogP contribution is -2.29. The summed E-state index contributed by atoms with van der Waals surface area (Å²) in [5.41, 5.74) is 0.688. The Kier molecular flexibility index (Phi) is 4.40. The zero-order valence-corrected chi connectivity index (χ0v) is 13.6. The Morgan fingerprint density at radius 2 is 2.19 bits per heavy atom. The van der Waals surface area contributed by atoms with E-state index < -0.39 is 10.0 Å². The molecule has 1 aromatic carbocycles. The topological polar surface area (TPSA) is 59.1 Å². The summed E-state index contributed by atoms with van der Waals surface area (Å²) in [5, 5.41) is 1.55. The maximum absolute atomic E-state index is 12.3. The van der Waals surface area contributed by atoms with Crippen LogP contribution in [-0.4, -0.2) is 30.9 Å². The van der Waals surface area contributed by atoms with Gasteiger partial charge in [-0.1, -0.05) is 11.6 Å². The molecule has 4 nitrogen and oxygen atoms in total. The van der Waals surface area contributed by atoms with E-state index in [1.165, 1.54) is 6.42 Å². The van der Waals surface area contributed by atoms with E-state index in [-0.39, 0.29) is 4.90 Å². The van der Waals surface area contributed by atoms with Gasteiger partial charge in [-0.25, -0.2) is 18.1 Å². The molecule has 0 radical (unpaired) electrons. The summed E-state index contributed by atoms with van der Waals surface area (Å²) in [6.45, 7) is 0.490. The minimum absolute atomic E-state index is 0.266. The number of nitrogens with one attached hydrogen (secondary N) is 1. The van der Waals surface area contributed by atoms with Crippen molar-refractivity contribution in [2.75, 3.05) is 12.3 Å². The highest BCUT2D eigenvalue weighted by atomic mass is 35.5. The van der Waals surface area contributed by atoms with Crippen LogP contribution in [0.15, 0.2) is 35.2 Å². The van der Waals surface area contributed by atoms with Gasteiger partial charge in [0.2, 0.25) is 10.0 Å². The van der Waals surface area contributed by atoms with Crippen LogP contribution < -0.4 is 4.72 Å². The van der Waals surface area contributed by atoms with Crippen LogP contribution in [0.4, 0.5) is 0 Å². The van der Waals surface area contributed by atoms with E-state index in [0.29, 0.717) is 22.5 Å². The van der Waals surface area contributed by atoms with Crippen molar-refractivity contribution in [3.63, 3.8) is 0 Å². The number of rotatable bonds is 4. The van der Waals surface area contributed by atoms with E-state index in [1.807, 2.05) is 11.8 Å². The number of pyridine rings is 1. The van der Waals surface area contributed by atoms with Crippen molar-refractivity contribution in [3.05, 3.63) is 35.5 Å². The van der Waals surface area contributed by atoms with E-state index in [1.54, 1.807) is 30.3 Å². The molecule has 0 aliphatic carbocycles. The second-order valence-electron chi connectivity index (χ2n) is 4.98. The molecule has 1 aromatic heterocycles. The van der Waals surface area contributed by atoms with Gasteiger partial charge in [0.1, 0.15) is 5.15 Å². The molecule has 3 rings (SSSR count). The van der Waals surface area contributed by atoms with Gasteiger partial charge in [-0.05, 0) is 48.9 Å². The number of aromatic nitrogens is 1. The lowest BCUT2D eigenvalue weighted by atomic mass is 10.2. The molecule has 1 fully saturated rings. The highest BCUT2D eigenvalue weighted by Crippen LogP contribution is 2.26. The first-order valence-corrected chi connectivity index (χ1v) is 9.63. The minimum Gasteiger partial charge on any atom is -0.236 e. The molecule has 0 spiro atoms. The second-order valence-corrected chi connectivity index (χ2v) is 8.54. The van der Waals surface area contributed by atoms with Gasteiger partial charge in [-0.15, -0.1) is 0 Å². The van der Waals surface area contributed by atoms with Crippen LogP contribution in [0.25, 0.3) is 10.9 Å². The van der Waals surface area contributed by atoms with Gasteiger partial charge < -0.3 is 0 Å². The Labute approximate surface area is 133 Å². The summed E-state index contributed by atoms with van der Waals surface area (Å²) in [6, 6.07) is 8.30. The first-order valence-electron chi connectivity index (χ1n) is 6.72. The molecule has 0 bridgehead atoms. The average molecular weight is 343 g/mol. The molecular weight excluding hydrogens is 328 g/mol. The molecule has 0 amide bonds. The van der Waals surface area contributed by atoms with Crippen LogP contribution in [0.1, 0.15) is 12.8 Å². The van der Waals surface area contributed by atoms with E-state index >= 15 is 0 Å². The van der Waals surface area contributed by atoms with Crippen LogP contribution in [-0.2, 0) is 10.0 Å². The molecule has 1 N–H and O–H groups in total. The molecular formula is C14H15ClN2O2S2. The number of nitrogens with zero attached hydrogens (tertiary/aromatic N) is 1. The number of halogens is 1. The summed E-state index contributed by atoms with van der Waals surface area (Å²) in [4.78, 5) is 4.42. The maximum Gasteiger partial charge on any atom is 0.240 e. The molecule has 0 saturated carbocycles. The molecule has 1 atom stereocenters. The Bertz CT molecular complexity index is 759. The molecule has 2 aromatic rings. The van der Waals surface area contributed by atoms with Crippen molar-refractivity contribution in [1.29, 1.82) is 0 Å². The van der Waals surface area contributed by atoms with Crippen LogP contribution in [0, 0.1) is 0 Å². The zero-order chi connectivity index (χ0) is 14.9. The summed E-state index contributed by atoms with van der Waals surface area (Å²) >= 11 is 7.66. The van der Waals surface area contributed by atoms with E-state index in [9.17, 15) is 8.42 Å². The lowest BCUT2D eigenvalue weighted by Gasteiger charge is -2.11. The van der Waals surface area contributed by atoms with Crippen molar-refractivity contribution in [1.82, 2.24) is 9.71 Å². The van der Waals surface area contributed by atoms with Gasteiger partial charge in [-0.2, -0.15) is 11.8 Å². The Balaban J connectivity index is 1.82. The third-order valence-electron chi connectivity index (χ3n) is 3.46. The van der Waals surface area contributed by atoms with Crippen LogP contribution in [0.5, 0.6) is 0 Å². The lowest BCUT2D eigenvalue weighted by molar-refractivity contribution is 0.579. The highest BCUT2D eigenvalue weighted by molar-refractivity contribution is 8.00. The number of sulfonamides is 1. The predicted octanol–water partition coefficient (Wildman–Crippen LogP) is 3.06. The molecule has 1 aliphatic rings. The zero-order valence-electron chi connectivity index (χ0n) is 11.3. The molecule has 112 valence electrons. The van der Waals surface area contributed by atoms with Crippen molar-refractivity contribution >= 4 is 44.3 Å². The maximum atomic E-state index is 12.3. The summed E-state index contributed by atoms with van der Waals surface area (Å²) in [7, 11) is -3.47. The van der Waals surface area contributed by atoms with Crippen LogP contribution in [0.2, 0.25) is 5.15 Å². The monoisotopic (exact) mass is 342 g/mol. The fourth-order valence-electron chi connectivity index (χ4n) is 2.34. The fraction of sp³-hybridized carbons (Fsp3) is 0.357. The molecule has 1 saturated heterocycles. The standard InChI is InChI=1S/C14H15ClN2O2S2/c15-14-6-3-10-8-12(4-5-13(10)17-14)21(18,19)16-9-11-2-1-7-20-11/h3-6,8,11,16H,1-2,7,9H2. The predicted molar refractivity (Wildman–Crippen MR) is 87.4 cm³/mol. The minimum atomic E-state index is -3.47. The summed E-state index contributed by atoms with van der Waals surface area (Å²) in [5.74, 6) is 1.12. The van der Waals surface area contributed by atoms with E-state index in [2.05, 4.69) is 9.71 Å². The first-order chi connectivity index (χ1) is 10.0. The third kappa shape index (κ3) is 3.51. The average Bonchev–Trinajstić information content (AvgIpc) is 2.98. The smallest absolute Gasteiger partial charge is 0.236 e. The molecule has 7 heteroatoms. The van der Waals surface area contributed by atoms with Crippen LogP contribution >= 0.6 is 23.4 Å². The molecule has 21 heavy (non-hydrogen) atoms. The van der Waals surface area contributed by atoms with Crippen LogP contribution in [0.3, 0.4) is 0 Å². The van der Waals surface area contributed by atoms with Gasteiger partial charge >= 0.3 is 0 Å². The van der Waals surface area contributed by atoms with E-state index in [0.717, 1.165) is 17.6 Å². The van der Waals surface area contributed by atoms with Gasteiger partial charge in [0, 0.05) is 17.2 Å². The van der Waals surface area contributed by atoms with Crippen molar-refractivity contribution in [3.8, 4) is 0 Å².